The summed E-state index contributed by atoms with van der Waals surface area (Å²) >= 11 is 0. The van der Waals surface area contributed by atoms with Gasteiger partial charge in [-0.2, -0.15) is 0 Å². The number of unbranched alkanes of at least 4 members (excludes halogenated alkanes) is 5. The van der Waals surface area contributed by atoms with Crippen molar-refractivity contribution in [2.45, 2.75) is 58.0 Å². The third-order valence-corrected chi connectivity index (χ3v) is 3.47. The summed E-state index contributed by atoms with van der Waals surface area (Å²) in [7, 11) is 0. The molecule has 0 aliphatic rings. The molecule has 1 rings (SSSR count). The van der Waals surface area contributed by atoms with Crippen LogP contribution in [0.25, 0.3) is 0 Å². The van der Waals surface area contributed by atoms with E-state index in [1.807, 2.05) is 30.3 Å². The lowest BCUT2D eigenvalue weighted by atomic mass is 9.97. The summed E-state index contributed by atoms with van der Waals surface area (Å²) in [5.74, 6) is 0. The molecular formula is C18H26O. The molecule has 0 bridgehead atoms. The van der Waals surface area contributed by atoms with Gasteiger partial charge in [0.25, 0.3) is 0 Å². The Hall–Kier alpha value is -1.30. The Morgan fingerprint density at radius 3 is 2.37 bits per heavy atom. The molecule has 0 radical (unpaired) electrons. The molecule has 19 heavy (non-hydrogen) atoms. The van der Waals surface area contributed by atoms with Crippen molar-refractivity contribution < 1.29 is 5.11 Å². The quantitative estimate of drug-likeness (QED) is 0.478. The number of aliphatic hydroxyl groups excluding tert-OH is 1. The topological polar surface area (TPSA) is 20.2 Å². The van der Waals surface area contributed by atoms with E-state index in [1.165, 1.54) is 32.1 Å². The van der Waals surface area contributed by atoms with Crippen molar-refractivity contribution in [1.29, 1.82) is 0 Å². The number of rotatable bonds is 9. The summed E-state index contributed by atoms with van der Waals surface area (Å²) in [5.41, 5.74) is 4.77. The first-order chi connectivity index (χ1) is 9.29. The third-order valence-electron chi connectivity index (χ3n) is 3.47. The van der Waals surface area contributed by atoms with Crippen LogP contribution in [0.4, 0.5) is 0 Å². The molecule has 0 amide bonds. The minimum absolute atomic E-state index is 0.547. The molecule has 1 aromatic carbocycles. The molecule has 0 spiro atoms. The van der Waals surface area contributed by atoms with Crippen molar-refractivity contribution in [2.75, 3.05) is 0 Å². The molecule has 0 fully saturated rings. The second-order valence-corrected chi connectivity index (χ2v) is 5.03. The van der Waals surface area contributed by atoms with Crippen LogP contribution in [0.3, 0.4) is 0 Å². The van der Waals surface area contributed by atoms with Crippen LogP contribution in [-0.4, -0.2) is 5.11 Å². The van der Waals surface area contributed by atoms with E-state index in [-0.39, 0.29) is 0 Å². The zero-order valence-corrected chi connectivity index (χ0v) is 12.1. The van der Waals surface area contributed by atoms with Gasteiger partial charge in [-0.05, 0) is 18.4 Å². The fourth-order valence-corrected chi connectivity index (χ4v) is 2.25. The van der Waals surface area contributed by atoms with E-state index in [4.69, 9.17) is 0 Å². The van der Waals surface area contributed by atoms with Crippen molar-refractivity contribution in [3.05, 3.63) is 53.8 Å². The van der Waals surface area contributed by atoms with E-state index in [1.54, 1.807) is 0 Å². The average molecular weight is 258 g/mol. The van der Waals surface area contributed by atoms with E-state index in [2.05, 4.69) is 19.2 Å². The lowest BCUT2D eigenvalue weighted by Gasteiger charge is -2.13. The first-order valence-electron chi connectivity index (χ1n) is 7.41. The molecule has 0 saturated heterocycles. The van der Waals surface area contributed by atoms with E-state index in [0.717, 1.165) is 24.0 Å². The van der Waals surface area contributed by atoms with Gasteiger partial charge in [0.05, 0.1) is 0 Å². The molecule has 0 aliphatic heterocycles. The van der Waals surface area contributed by atoms with E-state index >= 15 is 0 Å². The smallest absolute Gasteiger partial charge is 0.107 e. The van der Waals surface area contributed by atoms with Crippen LogP contribution in [0, 0.1) is 0 Å². The molecule has 0 aromatic heterocycles. The normalized spacial score (nSPS) is 11.9. The van der Waals surface area contributed by atoms with Gasteiger partial charge in [-0.25, -0.2) is 0 Å². The molecule has 1 aromatic rings. The van der Waals surface area contributed by atoms with Gasteiger partial charge in [-0.3, -0.25) is 0 Å². The highest BCUT2D eigenvalue weighted by atomic mass is 16.3. The third kappa shape index (κ3) is 5.92. The van der Waals surface area contributed by atoms with Crippen molar-refractivity contribution in [3.8, 4) is 0 Å². The van der Waals surface area contributed by atoms with E-state index in [0.29, 0.717) is 0 Å². The molecule has 1 heteroatoms. The number of hydrogen-bond acceptors (Lipinski definition) is 1. The molecule has 0 saturated carbocycles. The average Bonchev–Trinajstić information content (AvgIpc) is 2.47. The highest BCUT2D eigenvalue weighted by Gasteiger charge is 2.11. The molecule has 104 valence electrons. The molecule has 1 N–H and O–H groups in total. The zero-order chi connectivity index (χ0) is 13.9. The first-order valence-corrected chi connectivity index (χ1v) is 7.41. The monoisotopic (exact) mass is 258 g/mol. The standard InChI is InChI=1S/C18H26O/c1-3-5-6-7-8-10-13-16(4-2)18(19)17-14-11-9-12-15-17/h9,11-12,14-15,18-19H,2-3,5-8,10,13H2,1H3. The molecule has 1 unspecified atom stereocenters. The summed E-state index contributed by atoms with van der Waals surface area (Å²) < 4.78 is 0. The van der Waals surface area contributed by atoms with Gasteiger partial charge in [0.2, 0.25) is 0 Å². The maximum atomic E-state index is 10.3. The fraction of sp³-hybridized carbons (Fsp3) is 0.500. The van der Waals surface area contributed by atoms with Crippen LogP contribution < -0.4 is 0 Å². The van der Waals surface area contributed by atoms with Crippen molar-refractivity contribution in [3.63, 3.8) is 0 Å². The van der Waals surface area contributed by atoms with Crippen LogP contribution in [-0.2, 0) is 0 Å². The molecule has 0 heterocycles. The van der Waals surface area contributed by atoms with Crippen LogP contribution in [0.5, 0.6) is 0 Å². The number of aliphatic hydroxyl groups is 1. The summed E-state index contributed by atoms with van der Waals surface area (Å²) in [6.45, 7) is 5.94. The Morgan fingerprint density at radius 1 is 1.11 bits per heavy atom. The van der Waals surface area contributed by atoms with Gasteiger partial charge in [0, 0.05) is 5.57 Å². The second-order valence-electron chi connectivity index (χ2n) is 5.03. The summed E-state index contributed by atoms with van der Waals surface area (Å²) in [6.07, 6.45) is 7.92. The highest BCUT2D eigenvalue weighted by molar-refractivity contribution is 5.25. The number of hydrogen-bond donors (Lipinski definition) is 1. The Bertz CT molecular complexity index is 387. The largest absolute Gasteiger partial charge is 0.383 e. The van der Waals surface area contributed by atoms with Crippen LogP contribution in [0.15, 0.2) is 48.2 Å². The minimum Gasteiger partial charge on any atom is -0.383 e. The van der Waals surface area contributed by atoms with Gasteiger partial charge in [0.1, 0.15) is 6.10 Å². The Labute approximate surface area is 117 Å². The van der Waals surface area contributed by atoms with Crippen molar-refractivity contribution >= 4 is 0 Å². The summed E-state index contributed by atoms with van der Waals surface area (Å²) in [6, 6.07) is 9.75. The van der Waals surface area contributed by atoms with Crippen LogP contribution in [0.1, 0.15) is 63.5 Å². The van der Waals surface area contributed by atoms with Gasteiger partial charge < -0.3 is 5.11 Å². The predicted molar refractivity (Wildman–Crippen MR) is 82.0 cm³/mol. The SMILES string of the molecule is C=C=C(CCCCCCCC)C(O)c1ccccc1. The Kier molecular flexibility index (Phi) is 7.97. The Balaban J connectivity index is 2.36. The van der Waals surface area contributed by atoms with Crippen LogP contribution >= 0.6 is 0 Å². The van der Waals surface area contributed by atoms with Crippen LogP contribution in [0.2, 0.25) is 0 Å². The maximum absolute atomic E-state index is 10.3. The van der Waals surface area contributed by atoms with Crippen molar-refractivity contribution in [1.82, 2.24) is 0 Å². The Morgan fingerprint density at radius 2 is 1.74 bits per heavy atom. The highest BCUT2D eigenvalue weighted by Crippen LogP contribution is 2.24. The van der Waals surface area contributed by atoms with Gasteiger partial charge >= 0.3 is 0 Å². The summed E-state index contributed by atoms with van der Waals surface area (Å²) in [5, 5.41) is 10.3. The minimum atomic E-state index is -0.547. The first kappa shape index (κ1) is 15.8. The molecule has 0 aliphatic carbocycles. The predicted octanol–water partition coefficient (Wildman–Crippen LogP) is 5.18. The van der Waals surface area contributed by atoms with E-state index < -0.39 is 6.10 Å². The molecule has 1 atom stereocenters. The maximum Gasteiger partial charge on any atom is 0.107 e. The molecule has 1 nitrogen and oxygen atoms in total. The summed E-state index contributed by atoms with van der Waals surface area (Å²) in [4.78, 5) is 0. The lowest BCUT2D eigenvalue weighted by Crippen LogP contribution is -2.01. The van der Waals surface area contributed by atoms with Gasteiger partial charge in [-0.1, -0.05) is 75.9 Å². The second kappa shape index (κ2) is 9.61. The fourth-order valence-electron chi connectivity index (χ4n) is 2.25. The lowest BCUT2D eigenvalue weighted by molar-refractivity contribution is 0.210. The number of benzene rings is 1. The van der Waals surface area contributed by atoms with Gasteiger partial charge in [0.15, 0.2) is 0 Å². The zero-order valence-electron chi connectivity index (χ0n) is 12.1. The van der Waals surface area contributed by atoms with Gasteiger partial charge in [-0.15, -0.1) is 5.73 Å². The van der Waals surface area contributed by atoms with E-state index in [9.17, 15) is 5.11 Å². The molecular weight excluding hydrogens is 232 g/mol. The van der Waals surface area contributed by atoms with Crippen molar-refractivity contribution in [2.24, 2.45) is 0 Å².